The zero-order valence-corrected chi connectivity index (χ0v) is 42.3. The Bertz CT molecular complexity index is 2850. The minimum atomic E-state index is -5.26. The molecule has 275 valence electrons. The molecule has 0 aliphatic carbocycles. The number of rotatable bonds is 9. The number of aryl methyl sites for hydroxylation is 1. The van der Waals surface area contributed by atoms with Crippen molar-refractivity contribution in [2.45, 2.75) is 21.6 Å². The third-order valence-corrected chi connectivity index (χ3v) is 10.2. The molecule has 6 rings (SSSR count). The van der Waals surface area contributed by atoms with Gasteiger partial charge in [0, 0.05) is 22.1 Å². The van der Waals surface area contributed by atoms with E-state index in [1.54, 1.807) is 30.3 Å². The van der Waals surface area contributed by atoms with Crippen molar-refractivity contribution in [1.29, 1.82) is 0 Å². The fourth-order valence-corrected chi connectivity index (χ4v) is 7.28. The van der Waals surface area contributed by atoms with Gasteiger partial charge in [0.05, 0.1) is 37.4 Å². The molecular formula is C33H20CuK3N5O11S3. The van der Waals surface area contributed by atoms with Crippen LogP contribution in [-0.4, -0.2) is 38.9 Å². The second-order valence-corrected chi connectivity index (χ2v) is 15.2. The number of nitrogens with zero attached hydrogens (tertiary/aromatic N) is 4. The molecule has 23 heteroatoms. The monoisotopic (exact) mass is 938 g/mol. The van der Waals surface area contributed by atoms with Crippen molar-refractivity contribution in [3.05, 3.63) is 103 Å². The van der Waals surface area contributed by atoms with Crippen LogP contribution in [0.3, 0.4) is 0 Å². The Morgan fingerprint density at radius 1 is 0.536 bits per heavy atom. The van der Waals surface area contributed by atoms with Crippen molar-refractivity contribution >= 4 is 86.0 Å². The van der Waals surface area contributed by atoms with Gasteiger partial charge in [-0.25, -0.2) is 25.3 Å². The van der Waals surface area contributed by atoms with Gasteiger partial charge in [0.25, 0.3) is 0 Å². The molecule has 0 saturated heterocycles. The van der Waals surface area contributed by atoms with Gasteiger partial charge in [-0.3, -0.25) is 0 Å². The van der Waals surface area contributed by atoms with Gasteiger partial charge >= 0.3 is 171 Å². The van der Waals surface area contributed by atoms with Crippen LogP contribution in [0.4, 0.5) is 34.1 Å². The van der Waals surface area contributed by atoms with E-state index >= 15 is 0 Å². The Labute approximate surface area is 459 Å². The first-order chi connectivity index (χ1) is 24.4. The molecule has 0 bridgehead atoms. The molecule has 0 heterocycles. The molecule has 6 aromatic rings. The molecule has 6 aromatic carbocycles. The maximum Gasteiger partial charge on any atom is 2.00 e. The van der Waals surface area contributed by atoms with Gasteiger partial charge in [-0.05, 0) is 83.9 Å². The summed E-state index contributed by atoms with van der Waals surface area (Å²) in [5, 5.41) is 44.1. The van der Waals surface area contributed by atoms with E-state index in [1.165, 1.54) is 19.1 Å². The third-order valence-electron chi connectivity index (χ3n) is 7.61. The summed E-state index contributed by atoms with van der Waals surface area (Å²) in [6.07, 6.45) is 0. The van der Waals surface area contributed by atoms with Crippen LogP contribution >= 0.6 is 0 Å². The molecule has 0 aliphatic heterocycles. The smallest absolute Gasteiger partial charge is 0.871 e. The fraction of sp³-hybridized carbons (Fsp3) is 0.0303. The first-order valence-corrected chi connectivity index (χ1v) is 18.8. The molecule has 0 aromatic heterocycles. The molecule has 0 unspecified atom stereocenters. The molecule has 0 saturated carbocycles. The molecular weight excluding hydrogens is 919 g/mol. The van der Waals surface area contributed by atoms with Gasteiger partial charge < -0.3 is 29.2 Å². The summed E-state index contributed by atoms with van der Waals surface area (Å²) in [6.45, 7) is 1.45. The van der Waals surface area contributed by atoms with E-state index in [0.29, 0.717) is 11.4 Å². The van der Waals surface area contributed by atoms with Crippen molar-refractivity contribution in [3.8, 4) is 11.5 Å². The summed E-state index contributed by atoms with van der Waals surface area (Å²) in [5.74, 6) is -1.78. The zero-order valence-electron chi connectivity index (χ0n) is 29.5. The number of hydrogen-bond donors (Lipinski definition) is 1. The van der Waals surface area contributed by atoms with E-state index in [9.17, 15) is 49.1 Å². The number of fused-ring (bicyclic) bond motifs is 2. The molecule has 0 amide bonds. The van der Waals surface area contributed by atoms with Gasteiger partial charge in [-0.1, -0.05) is 47.9 Å². The Kier molecular flexibility index (Phi) is 19.3. The summed E-state index contributed by atoms with van der Waals surface area (Å²) in [4.78, 5) is -2.62. The van der Waals surface area contributed by atoms with E-state index in [2.05, 4.69) is 25.8 Å². The van der Waals surface area contributed by atoms with Crippen molar-refractivity contribution in [1.82, 2.24) is 0 Å². The normalized spacial score (nSPS) is 11.8. The molecule has 0 spiro atoms. The number of hydrogen-bond acceptors (Lipinski definition) is 16. The van der Waals surface area contributed by atoms with E-state index in [0.717, 1.165) is 48.5 Å². The number of para-hydroxylation sites is 1. The van der Waals surface area contributed by atoms with Crippen LogP contribution in [0.1, 0.15) is 5.56 Å². The van der Waals surface area contributed by atoms with E-state index in [-0.39, 0.29) is 210 Å². The second-order valence-electron chi connectivity index (χ2n) is 11.1. The van der Waals surface area contributed by atoms with Crippen LogP contribution in [-0.2, 0) is 47.4 Å². The van der Waals surface area contributed by atoms with Crippen molar-refractivity contribution < 1.29 is 220 Å². The number of azo groups is 2. The first kappa shape index (κ1) is 51.7. The van der Waals surface area contributed by atoms with Crippen LogP contribution in [0.25, 0.3) is 21.5 Å². The topological polar surface area (TPSA) is 279 Å². The SMILES string of the molecule is Cc1cc(N=Nc2c(S(=O)(=O)[O-])cc3cc(Nc4ccccc4)ccc3c2[O-])c([O-])cc1N=Nc1cc(S(=O)(=O)[O-])c2cccc(S(=O)(=O)[O-])c2c1.[Cu+2].[K+].[K+].[K+]. The average molecular weight is 940 g/mol. The van der Waals surface area contributed by atoms with Crippen LogP contribution in [0.5, 0.6) is 11.5 Å². The summed E-state index contributed by atoms with van der Waals surface area (Å²) < 4.78 is 108. The summed E-state index contributed by atoms with van der Waals surface area (Å²) in [6, 6.07) is 21.5. The van der Waals surface area contributed by atoms with Crippen molar-refractivity contribution in [3.63, 3.8) is 0 Å². The molecule has 1 radical (unpaired) electrons. The largest absolute Gasteiger partial charge is 2.00 e. The van der Waals surface area contributed by atoms with Gasteiger partial charge in [-0.2, -0.15) is 15.3 Å². The van der Waals surface area contributed by atoms with E-state index < -0.39 is 67.6 Å². The van der Waals surface area contributed by atoms with Crippen LogP contribution in [0.15, 0.2) is 132 Å². The summed E-state index contributed by atoms with van der Waals surface area (Å²) in [7, 11) is -15.6. The first-order valence-electron chi connectivity index (χ1n) is 14.6. The maximum absolute atomic E-state index is 13.4. The van der Waals surface area contributed by atoms with Crippen LogP contribution in [0, 0.1) is 6.92 Å². The summed E-state index contributed by atoms with van der Waals surface area (Å²) in [5.41, 5.74) is -0.210. The zero-order chi connectivity index (χ0) is 37.6. The molecule has 16 nitrogen and oxygen atoms in total. The van der Waals surface area contributed by atoms with Crippen molar-refractivity contribution in [2.75, 3.05) is 5.32 Å². The maximum atomic E-state index is 13.4. The Hall–Kier alpha value is -0.401. The van der Waals surface area contributed by atoms with Crippen LogP contribution < -0.4 is 170 Å². The third kappa shape index (κ3) is 12.1. The molecule has 0 fully saturated rings. The molecule has 0 atom stereocenters. The predicted molar refractivity (Wildman–Crippen MR) is 180 cm³/mol. The second kappa shape index (κ2) is 20.9. The number of benzene rings is 6. The van der Waals surface area contributed by atoms with Crippen LogP contribution in [0.2, 0.25) is 0 Å². The Morgan fingerprint density at radius 3 is 1.79 bits per heavy atom. The number of nitrogens with one attached hydrogen (secondary N) is 1. The predicted octanol–water partition coefficient (Wildman–Crippen LogP) is -3.26. The average Bonchev–Trinajstić information content (AvgIpc) is 3.06. The van der Waals surface area contributed by atoms with E-state index in [4.69, 9.17) is 0 Å². The Morgan fingerprint density at radius 2 is 1.16 bits per heavy atom. The quantitative estimate of drug-likeness (QED) is 0.0850. The molecule has 56 heavy (non-hydrogen) atoms. The van der Waals surface area contributed by atoms with Gasteiger partial charge in [0.2, 0.25) is 0 Å². The van der Waals surface area contributed by atoms with Gasteiger partial charge in [0.15, 0.2) is 0 Å². The molecule has 1 N–H and O–H groups in total. The van der Waals surface area contributed by atoms with Gasteiger partial charge in [0.1, 0.15) is 30.4 Å². The minimum Gasteiger partial charge on any atom is -0.871 e. The minimum absolute atomic E-state index is 0. The van der Waals surface area contributed by atoms with Crippen molar-refractivity contribution in [2.24, 2.45) is 20.5 Å². The Balaban J connectivity index is 0.00000271. The summed E-state index contributed by atoms with van der Waals surface area (Å²) >= 11 is 0. The van der Waals surface area contributed by atoms with E-state index in [1.807, 2.05) is 6.07 Å². The fourth-order valence-electron chi connectivity index (χ4n) is 5.24. The van der Waals surface area contributed by atoms with Gasteiger partial charge in [-0.15, -0.1) is 5.11 Å². The standard InChI is InChI=1S/C33H25N5O11S3.Cu.3K/c1-18-12-27(28(39)17-26(18)36-35-22-15-25-24(30(16-22)51(44,45)46)8-5-9-29(25)50(41,42)43)37-38-32-31(52(47,48)49)14-19-13-21(10-11-23(19)33(32)40)34-20-6-3-2-4-7-20;;;;/h2-17,34,39-40H,1H3,(H,41,42,43)(H,44,45,46)(H,47,48,49);;;;/q;+2;3*+1/p-5. The number of anilines is 2. The molecule has 0 aliphatic rings.